The van der Waals surface area contributed by atoms with Crippen molar-refractivity contribution < 1.29 is 32.6 Å². The Bertz CT molecular complexity index is 1390. The number of carboxylic acids is 1. The molecule has 12 heteroatoms. The lowest BCUT2D eigenvalue weighted by Crippen LogP contribution is -2.32. The molecule has 1 aliphatic carbocycles. The second-order valence-electron chi connectivity index (χ2n) is 10.9. The number of carbonyl (C=O) groups excluding carboxylic acids is 1. The second-order valence-corrected chi connectivity index (χ2v) is 11.4. The SMILES string of the molecule is CC1CC(n2c(Nc3ccc(OC(F)(F)F)cc3)nc3cc(C(=O)N(C)CC(=O)O)c(Cl)cc32)CC(C)(C)C1. The third-order valence-corrected chi connectivity index (χ3v) is 7.11. The minimum atomic E-state index is -4.79. The molecule has 0 aliphatic heterocycles. The fourth-order valence-electron chi connectivity index (χ4n) is 5.58. The Labute approximate surface area is 228 Å². The number of ether oxygens (including phenoxy) is 1. The molecule has 1 heterocycles. The summed E-state index contributed by atoms with van der Waals surface area (Å²) in [6, 6.07) is 8.57. The van der Waals surface area contributed by atoms with Gasteiger partial charge in [-0.3, -0.25) is 9.59 Å². The maximum atomic E-state index is 12.9. The number of carbonyl (C=O) groups is 2. The Kier molecular flexibility index (Phi) is 7.75. The summed E-state index contributed by atoms with van der Waals surface area (Å²) in [7, 11) is 1.38. The molecule has 1 aliphatic rings. The van der Waals surface area contributed by atoms with E-state index in [0.717, 1.165) is 24.2 Å². The van der Waals surface area contributed by atoms with Crippen LogP contribution in [0.5, 0.6) is 5.75 Å². The maximum Gasteiger partial charge on any atom is 0.573 e. The fraction of sp³-hybridized carbons (Fsp3) is 0.444. The van der Waals surface area contributed by atoms with Crippen molar-refractivity contribution in [2.45, 2.75) is 52.4 Å². The fourth-order valence-corrected chi connectivity index (χ4v) is 5.82. The molecule has 1 aromatic heterocycles. The smallest absolute Gasteiger partial charge is 0.480 e. The van der Waals surface area contributed by atoms with E-state index in [9.17, 15) is 22.8 Å². The number of likely N-dealkylation sites (N-methyl/N-ethyl adjacent to an activating group) is 1. The number of hydrogen-bond acceptors (Lipinski definition) is 5. The Morgan fingerprint density at radius 2 is 1.90 bits per heavy atom. The Morgan fingerprint density at radius 1 is 1.23 bits per heavy atom. The topological polar surface area (TPSA) is 96.7 Å². The molecule has 0 bridgehead atoms. The van der Waals surface area contributed by atoms with Crippen LogP contribution >= 0.6 is 11.6 Å². The zero-order valence-electron chi connectivity index (χ0n) is 22.0. The van der Waals surface area contributed by atoms with E-state index in [0.29, 0.717) is 28.6 Å². The highest BCUT2D eigenvalue weighted by atomic mass is 35.5. The molecule has 0 saturated heterocycles. The number of amides is 1. The third-order valence-electron chi connectivity index (χ3n) is 6.80. The summed E-state index contributed by atoms with van der Waals surface area (Å²) >= 11 is 6.55. The monoisotopic (exact) mass is 566 g/mol. The van der Waals surface area contributed by atoms with Crippen molar-refractivity contribution in [1.82, 2.24) is 14.5 Å². The van der Waals surface area contributed by atoms with Gasteiger partial charge in [-0.1, -0.05) is 32.4 Å². The Balaban J connectivity index is 1.77. The van der Waals surface area contributed by atoms with Gasteiger partial charge in [0, 0.05) is 18.8 Å². The van der Waals surface area contributed by atoms with Crippen LogP contribution < -0.4 is 10.1 Å². The average Bonchev–Trinajstić information content (AvgIpc) is 3.13. The van der Waals surface area contributed by atoms with Crippen LogP contribution in [0, 0.1) is 11.3 Å². The molecule has 2 aromatic carbocycles. The van der Waals surface area contributed by atoms with Gasteiger partial charge in [0.25, 0.3) is 5.91 Å². The number of imidazole rings is 1. The number of hydrogen-bond donors (Lipinski definition) is 2. The molecule has 210 valence electrons. The van der Waals surface area contributed by atoms with Crippen LogP contribution in [0.1, 0.15) is 56.4 Å². The van der Waals surface area contributed by atoms with Crippen LogP contribution in [0.25, 0.3) is 11.0 Å². The van der Waals surface area contributed by atoms with Gasteiger partial charge in [-0.2, -0.15) is 0 Å². The van der Waals surface area contributed by atoms with Gasteiger partial charge < -0.3 is 24.6 Å². The molecule has 2 atom stereocenters. The van der Waals surface area contributed by atoms with Crippen LogP contribution in [-0.4, -0.2) is 51.4 Å². The quantitative estimate of drug-likeness (QED) is 0.324. The molecular formula is C27H30ClF3N4O4. The molecule has 39 heavy (non-hydrogen) atoms. The Hall–Kier alpha value is -3.47. The number of aliphatic carboxylic acids is 1. The number of alkyl halides is 3. The van der Waals surface area contributed by atoms with Crippen molar-refractivity contribution in [3.63, 3.8) is 0 Å². The minimum absolute atomic E-state index is 0.0383. The highest BCUT2D eigenvalue weighted by Crippen LogP contribution is 2.46. The van der Waals surface area contributed by atoms with Gasteiger partial charge in [0.05, 0.1) is 21.6 Å². The summed E-state index contributed by atoms with van der Waals surface area (Å²) < 4.78 is 43.7. The van der Waals surface area contributed by atoms with Crippen LogP contribution in [0.2, 0.25) is 5.02 Å². The number of halogens is 4. The first-order valence-electron chi connectivity index (χ1n) is 12.4. The van der Waals surface area contributed by atoms with E-state index in [1.807, 2.05) is 4.57 Å². The first kappa shape index (κ1) is 28.5. The molecule has 0 spiro atoms. The zero-order valence-corrected chi connectivity index (χ0v) is 22.7. The number of fused-ring (bicyclic) bond motifs is 1. The molecule has 2 N–H and O–H groups in total. The van der Waals surface area contributed by atoms with Crippen molar-refractivity contribution in [3.05, 3.63) is 47.0 Å². The van der Waals surface area contributed by atoms with E-state index in [1.54, 1.807) is 6.07 Å². The van der Waals surface area contributed by atoms with E-state index in [2.05, 4.69) is 30.8 Å². The van der Waals surface area contributed by atoms with E-state index < -0.39 is 24.8 Å². The number of carboxylic acid groups (broad SMARTS) is 1. The van der Waals surface area contributed by atoms with E-state index in [-0.39, 0.29) is 27.8 Å². The van der Waals surface area contributed by atoms with Crippen molar-refractivity contribution in [1.29, 1.82) is 0 Å². The van der Waals surface area contributed by atoms with Crippen LogP contribution in [-0.2, 0) is 4.79 Å². The molecule has 8 nitrogen and oxygen atoms in total. The normalized spacial score (nSPS) is 19.1. The maximum absolute atomic E-state index is 12.9. The highest BCUT2D eigenvalue weighted by molar-refractivity contribution is 6.34. The number of nitrogens with zero attached hydrogens (tertiary/aromatic N) is 3. The summed E-state index contributed by atoms with van der Waals surface area (Å²) in [6.45, 7) is 6.13. The summed E-state index contributed by atoms with van der Waals surface area (Å²) in [6.07, 6.45) is -1.99. The number of anilines is 2. The van der Waals surface area contributed by atoms with Crippen LogP contribution in [0.3, 0.4) is 0 Å². The van der Waals surface area contributed by atoms with Gasteiger partial charge in [0.1, 0.15) is 12.3 Å². The molecule has 4 rings (SSSR count). The summed E-state index contributed by atoms with van der Waals surface area (Å²) in [5.74, 6) is -1.17. The van der Waals surface area contributed by atoms with E-state index >= 15 is 0 Å². The summed E-state index contributed by atoms with van der Waals surface area (Å²) in [5.41, 5.74) is 1.84. The number of nitrogens with one attached hydrogen (secondary N) is 1. The molecule has 1 saturated carbocycles. The number of benzene rings is 2. The van der Waals surface area contributed by atoms with Gasteiger partial charge in [-0.25, -0.2) is 4.98 Å². The third kappa shape index (κ3) is 6.76. The lowest BCUT2D eigenvalue weighted by atomic mass is 9.70. The highest BCUT2D eigenvalue weighted by Gasteiger charge is 2.35. The molecule has 1 amide bonds. The lowest BCUT2D eigenvalue weighted by Gasteiger charge is -2.40. The van der Waals surface area contributed by atoms with Crippen LogP contribution in [0.15, 0.2) is 36.4 Å². The van der Waals surface area contributed by atoms with E-state index in [4.69, 9.17) is 21.7 Å². The molecule has 0 radical (unpaired) electrons. The lowest BCUT2D eigenvalue weighted by molar-refractivity contribution is -0.274. The van der Waals surface area contributed by atoms with E-state index in [1.165, 1.54) is 37.4 Å². The molecule has 2 unspecified atom stereocenters. The first-order chi connectivity index (χ1) is 18.1. The van der Waals surface area contributed by atoms with Gasteiger partial charge in [-0.15, -0.1) is 13.2 Å². The van der Waals surface area contributed by atoms with Crippen molar-refractivity contribution >= 4 is 46.1 Å². The van der Waals surface area contributed by atoms with Crippen LogP contribution in [0.4, 0.5) is 24.8 Å². The van der Waals surface area contributed by atoms with Gasteiger partial charge in [-0.05, 0) is 67.0 Å². The molecule has 1 fully saturated rings. The molecular weight excluding hydrogens is 537 g/mol. The number of rotatable bonds is 7. The van der Waals surface area contributed by atoms with Gasteiger partial charge >= 0.3 is 12.3 Å². The largest absolute Gasteiger partial charge is 0.573 e. The standard InChI is InChI=1S/C27H30ClF3N4O4/c1-15-9-17(13-26(2,3)12-15)35-22-11-20(28)19(24(38)34(4)14-23(36)37)10-21(22)33-25(35)32-16-5-7-18(8-6-16)39-27(29,30)31/h5-8,10-11,15,17H,9,12-14H2,1-4H3,(H,32,33)(H,36,37). The van der Waals surface area contributed by atoms with Crippen molar-refractivity contribution in [2.75, 3.05) is 18.9 Å². The summed E-state index contributed by atoms with van der Waals surface area (Å²) in [4.78, 5) is 29.8. The van der Waals surface area contributed by atoms with Gasteiger partial charge in [0.2, 0.25) is 5.95 Å². The average molecular weight is 567 g/mol. The van der Waals surface area contributed by atoms with Crippen molar-refractivity contribution in [2.24, 2.45) is 11.3 Å². The predicted molar refractivity (Wildman–Crippen MR) is 142 cm³/mol. The van der Waals surface area contributed by atoms with Gasteiger partial charge in [0.15, 0.2) is 0 Å². The Morgan fingerprint density at radius 3 is 2.49 bits per heavy atom. The molecule has 3 aromatic rings. The number of aromatic nitrogens is 2. The second kappa shape index (κ2) is 10.6. The zero-order chi connectivity index (χ0) is 28.7. The predicted octanol–water partition coefficient (Wildman–Crippen LogP) is 6.88. The van der Waals surface area contributed by atoms with Crippen molar-refractivity contribution in [3.8, 4) is 5.75 Å². The first-order valence-corrected chi connectivity index (χ1v) is 12.8. The summed E-state index contributed by atoms with van der Waals surface area (Å²) in [5, 5.41) is 12.4. The minimum Gasteiger partial charge on any atom is -0.480 e.